The number of Topliss-reactive ketones (excluding diaryl/α,β-unsaturated/α-hetero) is 1. The van der Waals surface area contributed by atoms with Crippen LogP contribution in [0.1, 0.15) is 29.2 Å². The first kappa shape index (κ1) is 23.3. The molecule has 1 saturated heterocycles. The Hall–Kier alpha value is -3.32. The third kappa shape index (κ3) is 4.62. The maximum absolute atomic E-state index is 13.1. The molecule has 1 unspecified atom stereocenters. The lowest BCUT2D eigenvalue weighted by molar-refractivity contribution is -0.139. The zero-order valence-corrected chi connectivity index (χ0v) is 19.2. The lowest BCUT2D eigenvalue weighted by atomic mass is 9.94. The highest BCUT2D eigenvalue weighted by Gasteiger charge is 2.45. The van der Waals surface area contributed by atoms with Crippen LogP contribution in [0.5, 0.6) is 11.5 Å². The summed E-state index contributed by atoms with van der Waals surface area (Å²) in [5.41, 5.74) is 2.31. The molecule has 1 heterocycles. The van der Waals surface area contributed by atoms with Gasteiger partial charge in [-0.15, -0.1) is 0 Å². The minimum atomic E-state index is -0.687. The quantitative estimate of drug-likeness (QED) is 0.387. The molecule has 2 aromatic rings. The molecule has 7 heteroatoms. The van der Waals surface area contributed by atoms with Crippen molar-refractivity contribution < 1.29 is 24.2 Å². The smallest absolute Gasteiger partial charge is 0.295 e. The van der Waals surface area contributed by atoms with Gasteiger partial charge in [0, 0.05) is 12.1 Å². The summed E-state index contributed by atoms with van der Waals surface area (Å²) >= 11 is 0. The van der Waals surface area contributed by atoms with Crippen LogP contribution in [-0.4, -0.2) is 68.0 Å². The summed E-state index contributed by atoms with van der Waals surface area (Å²) in [6, 6.07) is 11.9. The first-order valence-corrected chi connectivity index (χ1v) is 10.5. The fourth-order valence-electron chi connectivity index (χ4n) is 3.90. The second-order valence-corrected chi connectivity index (χ2v) is 8.13. The number of hydrogen-bond donors (Lipinski definition) is 1. The van der Waals surface area contributed by atoms with Crippen LogP contribution >= 0.6 is 0 Å². The number of hydrogen-bond acceptors (Lipinski definition) is 6. The number of carbonyl (C=O) groups is 2. The maximum Gasteiger partial charge on any atom is 0.295 e. The van der Waals surface area contributed by atoms with Crippen molar-refractivity contribution in [1.82, 2.24) is 9.80 Å². The molecule has 3 rings (SSSR count). The Balaban J connectivity index is 2.11. The predicted molar refractivity (Wildman–Crippen MR) is 123 cm³/mol. The van der Waals surface area contributed by atoms with Gasteiger partial charge in [-0.2, -0.15) is 0 Å². The average molecular weight is 439 g/mol. The van der Waals surface area contributed by atoms with Crippen molar-refractivity contribution >= 4 is 17.4 Å². The Morgan fingerprint density at radius 2 is 1.69 bits per heavy atom. The van der Waals surface area contributed by atoms with Crippen LogP contribution in [0.15, 0.2) is 48.0 Å². The van der Waals surface area contributed by atoms with E-state index < -0.39 is 17.7 Å². The second kappa shape index (κ2) is 9.87. The number of amides is 1. The van der Waals surface area contributed by atoms with Crippen LogP contribution < -0.4 is 9.47 Å². The lowest BCUT2D eigenvalue weighted by Gasteiger charge is -2.26. The molecular weight excluding hydrogens is 408 g/mol. The summed E-state index contributed by atoms with van der Waals surface area (Å²) in [6.45, 7) is 3.16. The molecule has 0 saturated carbocycles. The minimum Gasteiger partial charge on any atom is -0.507 e. The highest BCUT2D eigenvalue weighted by Crippen LogP contribution is 2.40. The SMILES string of the molecule is COc1ccc(C(O)=C2C(=O)C(=O)N(CCCN(C)C)C2c2ccc(C)cc2)cc1OC. The zero-order valence-electron chi connectivity index (χ0n) is 19.2. The highest BCUT2D eigenvalue weighted by atomic mass is 16.5. The van der Waals surface area contributed by atoms with Gasteiger partial charge in [0.15, 0.2) is 11.5 Å². The molecule has 1 aliphatic rings. The van der Waals surface area contributed by atoms with E-state index in [0.29, 0.717) is 30.0 Å². The molecule has 2 aromatic carbocycles. The van der Waals surface area contributed by atoms with Gasteiger partial charge in [-0.1, -0.05) is 29.8 Å². The Morgan fingerprint density at radius 1 is 1.03 bits per heavy atom. The van der Waals surface area contributed by atoms with Gasteiger partial charge in [0.2, 0.25) is 0 Å². The van der Waals surface area contributed by atoms with Gasteiger partial charge in [0.05, 0.1) is 25.8 Å². The summed E-state index contributed by atoms with van der Waals surface area (Å²) in [5.74, 6) is -0.596. The van der Waals surface area contributed by atoms with E-state index >= 15 is 0 Å². The van der Waals surface area contributed by atoms with Crippen molar-refractivity contribution in [1.29, 1.82) is 0 Å². The predicted octanol–water partition coefficient (Wildman–Crippen LogP) is 3.39. The number of aliphatic hydroxyl groups excluding tert-OH is 1. The minimum absolute atomic E-state index is 0.0796. The van der Waals surface area contributed by atoms with Gasteiger partial charge in [0.25, 0.3) is 11.7 Å². The molecule has 32 heavy (non-hydrogen) atoms. The molecule has 1 atom stereocenters. The Labute approximate surface area is 188 Å². The van der Waals surface area contributed by atoms with Crippen molar-refractivity contribution in [3.8, 4) is 11.5 Å². The van der Waals surface area contributed by atoms with Crippen molar-refractivity contribution in [3.05, 3.63) is 64.7 Å². The van der Waals surface area contributed by atoms with E-state index in [0.717, 1.165) is 17.7 Å². The van der Waals surface area contributed by atoms with Gasteiger partial charge in [-0.3, -0.25) is 9.59 Å². The van der Waals surface area contributed by atoms with Gasteiger partial charge >= 0.3 is 0 Å². The topological polar surface area (TPSA) is 79.3 Å². The number of aliphatic hydroxyl groups is 1. The van der Waals surface area contributed by atoms with Crippen molar-refractivity contribution in [2.24, 2.45) is 0 Å². The molecule has 1 aliphatic heterocycles. The molecule has 1 N–H and O–H groups in total. The lowest BCUT2D eigenvalue weighted by Crippen LogP contribution is -2.32. The molecule has 7 nitrogen and oxygen atoms in total. The Morgan fingerprint density at radius 3 is 2.28 bits per heavy atom. The second-order valence-electron chi connectivity index (χ2n) is 8.13. The normalized spacial score (nSPS) is 17.8. The van der Waals surface area contributed by atoms with Crippen LogP contribution in [-0.2, 0) is 9.59 Å². The van der Waals surface area contributed by atoms with E-state index in [-0.39, 0.29) is 11.3 Å². The number of nitrogens with zero attached hydrogens (tertiary/aromatic N) is 2. The van der Waals surface area contributed by atoms with Crippen molar-refractivity contribution in [3.63, 3.8) is 0 Å². The van der Waals surface area contributed by atoms with Gasteiger partial charge in [-0.05, 0) is 57.7 Å². The number of benzene rings is 2. The van der Waals surface area contributed by atoms with Gasteiger partial charge in [0.1, 0.15) is 5.76 Å². The van der Waals surface area contributed by atoms with Crippen molar-refractivity contribution in [2.45, 2.75) is 19.4 Å². The number of carbonyl (C=O) groups excluding carboxylic acids is 2. The third-order valence-electron chi connectivity index (χ3n) is 5.59. The summed E-state index contributed by atoms with van der Waals surface area (Å²) in [7, 11) is 6.94. The Kier molecular flexibility index (Phi) is 7.20. The van der Waals surface area contributed by atoms with Crippen LogP contribution in [0, 0.1) is 6.92 Å². The molecule has 0 bridgehead atoms. The van der Waals surface area contributed by atoms with Crippen LogP contribution in [0.3, 0.4) is 0 Å². The largest absolute Gasteiger partial charge is 0.507 e. The number of likely N-dealkylation sites (tertiary alicyclic amines) is 1. The fourth-order valence-corrected chi connectivity index (χ4v) is 3.90. The van der Waals surface area contributed by atoms with Crippen molar-refractivity contribution in [2.75, 3.05) is 41.4 Å². The molecule has 0 spiro atoms. The van der Waals surface area contributed by atoms with Gasteiger partial charge in [-0.25, -0.2) is 0 Å². The maximum atomic E-state index is 13.1. The standard InChI is InChI=1S/C25H30N2O5/c1-16-7-9-17(10-8-16)22-21(24(29)25(30)27(22)14-6-13-26(2)3)23(28)18-11-12-19(31-4)20(15-18)32-5/h7-12,15,22,28H,6,13-14H2,1-5H3. The van der Waals surface area contributed by atoms with Crippen LogP contribution in [0.4, 0.5) is 0 Å². The highest BCUT2D eigenvalue weighted by molar-refractivity contribution is 6.46. The number of aryl methyl sites for hydroxylation is 1. The molecule has 0 radical (unpaired) electrons. The number of methoxy groups -OCH3 is 2. The van der Waals surface area contributed by atoms with Crippen LogP contribution in [0.25, 0.3) is 5.76 Å². The molecule has 0 aromatic heterocycles. The Bertz CT molecular complexity index is 1030. The third-order valence-corrected chi connectivity index (χ3v) is 5.59. The fraction of sp³-hybridized carbons (Fsp3) is 0.360. The first-order valence-electron chi connectivity index (χ1n) is 10.5. The van der Waals surface area contributed by atoms with E-state index in [1.807, 2.05) is 50.2 Å². The molecule has 1 fully saturated rings. The van der Waals surface area contributed by atoms with E-state index in [1.165, 1.54) is 14.2 Å². The summed E-state index contributed by atoms with van der Waals surface area (Å²) in [5, 5.41) is 11.2. The van der Waals surface area contributed by atoms with E-state index in [4.69, 9.17) is 9.47 Å². The molecule has 0 aliphatic carbocycles. The zero-order chi connectivity index (χ0) is 23.4. The number of ether oxygens (including phenoxy) is 2. The van der Waals surface area contributed by atoms with Gasteiger partial charge < -0.3 is 24.4 Å². The van der Waals surface area contributed by atoms with E-state index in [9.17, 15) is 14.7 Å². The monoisotopic (exact) mass is 438 g/mol. The summed E-state index contributed by atoms with van der Waals surface area (Å²) in [4.78, 5) is 29.6. The van der Waals surface area contributed by atoms with Crippen LogP contribution in [0.2, 0.25) is 0 Å². The first-order chi connectivity index (χ1) is 15.3. The molecular formula is C25H30N2O5. The summed E-state index contributed by atoms with van der Waals surface area (Å²) in [6.07, 6.45) is 0.707. The van der Waals surface area contributed by atoms with E-state index in [2.05, 4.69) is 0 Å². The number of ketones is 1. The average Bonchev–Trinajstić information content (AvgIpc) is 3.03. The summed E-state index contributed by atoms with van der Waals surface area (Å²) < 4.78 is 10.6. The molecule has 170 valence electrons. The van der Waals surface area contributed by atoms with E-state index in [1.54, 1.807) is 23.1 Å². The number of rotatable bonds is 8. The molecule has 1 amide bonds.